The standard InChI is InChI=1S/C6H14N2/c1-3-4-5(2)6(7)8/h5H,3-4H2,1-2H3,(H3,7,8). The van der Waals surface area contributed by atoms with E-state index in [-0.39, 0.29) is 5.92 Å². The minimum Gasteiger partial charge on any atom is -0.387 e. The van der Waals surface area contributed by atoms with Crippen molar-refractivity contribution in [1.82, 2.24) is 0 Å². The van der Waals surface area contributed by atoms with Crippen LogP contribution in [0.1, 0.15) is 26.7 Å². The lowest BCUT2D eigenvalue weighted by molar-refractivity contribution is 0.659. The Kier molecular flexibility index (Phi) is 3.24. The van der Waals surface area contributed by atoms with Gasteiger partial charge in [-0.2, -0.15) is 0 Å². The Morgan fingerprint density at radius 2 is 2.25 bits per heavy atom. The topological polar surface area (TPSA) is 49.9 Å². The quantitative estimate of drug-likeness (QED) is 0.422. The van der Waals surface area contributed by atoms with Crippen LogP contribution in [0.5, 0.6) is 0 Å². The molecular weight excluding hydrogens is 100 g/mol. The summed E-state index contributed by atoms with van der Waals surface area (Å²) in [6.07, 6.45) is 2.15. The SMILES string of the molecule is CCCC(C)C(=N)N. The van der Waals surface area contributed by atoms with Crippen molar-refractivity contribution in [2.45, 2.75) is 26.7 Å². The lowest BCUT2D eigenvalue weighted by Gasteiger charge is -2.04. The zero-order valence-corrected chi connectivity index (χ0v) is 5.57. The van der Waals surface area contributed by atoms with E-state index in [1.165, 1.54) is 0 Å². The van der Waals surface area contributed by atoms with E-state index < -0.39 is 0 Å². The first kappa shape index (κ1) is 7.47. The van der Waals surface area contributed by atoms with Crippen molar-refractivity contribution in [3.05, 3.63) is 0 Å². The Labute approximate surface area is 50.6 Å². The maximum Gasteiger partial charge on any atom is 0.0934 e. The van der Waals surface area contributed by atoms with Crippen molar-refractivity contribution in [3.63, 3.8) is 0 Å². The molecule has 0 aliphatic heterocycles. The molecule has 0 saturated carbocycles. The van der Waals surface area contributed by atoms with Gasteiger partial charge in [0, 0.05) is 5.92 Å². The van der Waals surface area contributed by atoms with Crippen LogP contribution < -0.4 is 5.73 Å². The largest absolute Gasteiger partial charge is 0.387 e. The van der Waals surface area contributed by atoms with Gasteiger partial charge in [0.25, 0.3) is 0 Å². The average Bonchev–Trinajstić information content (AvgIpc) is 1.67. The molecule has 0 aromatic heterocycles. The van der Waals surface area contributed by atoms with Crippen molar-refractivity contribution in [3.8, 4) is 0 Å². The van der Waals surface area contributed by atoms with Crippen molar-refractivity contribution in [2.24, 2.45) is 11.7 Å². The minimum absolute atomic E-state index is 0.278. The molecule has 0 aromatic rings. The molecule has 0 amide bonds. The monoisotopic (exact) mass is 114 g/mol. The van der Waals surface area contributed by atoms with Crippen LogP contribution in [0.15, 0.2) is 0 Å². The van der Waals surface area contributed by atoms with E-state index in [1.807, 2.05) is 6.92 Å². The zero-order valence-electron chi connectivity index (χ0n) is 5.57. The molecule has 0 saturated heterocycles. The van der Waals surface area contributed by atoms with Gasteiger partial charge in [0.2, 0.25) is 0 Å². The van der Waals surface area contributed by atoms with Crippen LogP contribution >= 0.6 is 0 Å². The van der Waals surface area contributed by atoms with Crippen LogP contribution in [0.25, 0.3) is 0 Å². The summed E-state index contributed by atoms with van der Waals surface area (Å²) in [5.74, 6) is 0.590. The van der Waals surface area contributed by atoms with Crippen LogP contribution in [-0.2, 0) is 0 Å². The van der Waals surface area contributed by atoms with E-state index in [2.05, 4.69) is 6.92 Å². The Balaban J connectivity index is 3.32. The number of nitrogens with one attached hydrogen (secondary N) is 1. The first-order valence-corrected chi connectivity index (χ1v) is 3.02. The van der Waals surface area contributed by atoms with Crippen molar-refractivity contribution in [2.75, 3.05) is 0 Å². The molecule has 0 rings (SSSR count). The van der Waals surface area contributed by atoms with Gasteiger partial charge in [-0.3, -0.25) is 5.41 Å². The number of rotatable bonds is 3. The highest BCUT2D eigenvalue weighted by Crippen LogP contribution is 2.02. The second kappa shape index (κ2) is 3.47. The molecule has 1 unspecified atom stereocenters. The van der Waals surface area contributed by atoms with E-state index in [4.69, 9.17) is 11.1 Å². The van der Waals surface area contributed by atoms with Crippen molar-refractivity contribution >= 4 is 5.84 Å². The third-order valence-electron chi connectivity index (χ3n) is 1.25. The third-order valence-corrected chi connectivity index (χ3v) is 1.25. The van der Waals surface area contributed by atoms with Crippen molar-refractivity contribution in [1.29, 1.82) is 5.41 Å². The second-order valence-corrected chi connectivity index (χ2v) is 2.15. The second-order valence-electron chi connectivity index (χ2n) is 2.15. The summed E-state index contributed by atoms with van der Waals surface area (Å²) < 4.78 is 0. The van der Waals surface area contributed by atoms with Crippen LogP contribution in [0.3, 0.4) is 0 Å². The molecule has 0 bridgehead atoms. The Morgan fingerprint density at radius 1 is 1.75 bits per heavy atom. The predicted molar refractivity (Wildman–Crippen MR) is 36.0 cm³/mol. The highest BCUT2D eigenvalue weighted by molar-refractivity contribution is 5.79. The average molecular weight is 114 g/mol. The van der Waals surface area contributed by atoms with E-state index in [0.29, 0.717) is 5.84 Å². The number of amidine groups is 1. The van der Waals surface area contributed by atoms with Gasteiger partial charge in [-0.15, -0.1) is 0 Å². The molecular formula is C6H14N2. The van der Waals surface area contributed by atoms with E-state index in [0.717, 1.165) is 12.8 Å². The zero-order chi connectivity index (χ0) is 6.57. The molecule has 1 atom stereocenters. The summed E-state index contributed by atoms with van der Waals surface area (Å²) in [4.78, 5) is 0. The normalized spacial score (nSPS) is 13.2. The molecule has 2 heteroatoms. The smallest absolute Gasteiger partial charge is 0.0934 e. The van der Waals surface area contributed by atoms with Crippen molar-refractivity contribution < 1.29 is 0 Å². The lowest BCUT2D eigenvalue weighted by atomic mass is 10.1. The molecule has 0 radical (unpaired) electrons. The highest BCUT2D eigenvalue weighted by Gasteiger charge is 2.00. The maximum absolute atomic E-state index is 6.98. The molecule has 0 heterocycles. The summed E-state index contributed by atoms with van der Waals surface area (Å²) in [6, 6.07) is 0. The van der Waals surface area contributed by atoms with Crippen LogP contribution in [0.2, 0.25) is 0 Å². The molecule has 0 aliphatic carbocycles. The van der Waals surface area contributed by atoms with Gasteiger partial charge in [-0.25, -0.2) is 0 Å². The highest BCUT2D eigenvalue weighted by atomic mass is 14.7. The molecule has 0 fully saturated rings. The molecule has 0 aliphatic rings. The summed E-state index contributed by atoms with van der Waals surface area (Å²) in [7, 11) is 0. The fourth-order valence-corrected chi connectivity index (χ4v) is 0.589. The van der Waals surface area contributed by atoms with Gasteiger partial charge in [-0.1, -0.05) is 20.3 Å². The van der Waals surface area contributed by atoms with Crippen LogP contribution in [-0.4, -0.2) is 5.84 Å². The number of hydrogen-bond donors (Lipinski definition) is 2. The molecule has 3 N–H and O–H groups in total. The molecule has 48 valence electrons. The molecule has 8 heavy (non-hydrogen) atoms. The summed E-state index contributed by atoms with van der Waals surface area (Å²) in [5, 5.41) is 6.98. The Hall–Kier alpha value is -0.530. The van der Waals surface area contributed by atoms with Gasteiger partial charge in [0.15, 0.2) is 0 Å². The van der Waals surface area contributed by atoms with Gasteiger partial charge in [0.1, 0.15) is 0 Å². The van der Waals surface area contributed by atoms with E-state index in [9.17, 15) is 0 Å². The fourth-order valence-electron chi connectivity index (χ4n) is 0.589. The Bertz CT molecular complexity index is 78.6. The van der Waals surface area contributed by atoms with Gasteiger partial charge >= 0.3 is 0 Å². The van der Waals surface area contributed by atoms with E-state index in [1.54, 1.807) is 0 Å². The van der Waals surface area contributed by atoms with E-state index >= 15 is 0 Å². The fraction of sp³-hybridized carbons (Fsp3) is 0.833. The number of hydrogen-bond acceptors (Lipinski definition) is 1. The predicted octanol–water partition coefficient (Wildman–Crippen LogP) is 1.36. The van der Waals surface area contributed by atoms with Crippen LogP contribution in [0, 0.1) is 11.3 Å². The summed E-state index contributed by atoms with van der Waals surface area (Å²) >= 11 is 0. The summed E-state index contributed by atoms with van der Waals surface area (Å²) in [6.45, 7) is 4.07. The van der Waals surface area contributed by atoms with Gasteiger partial charge in [0.05, 0.1) is 5.84 Å². The van der Waals surface area contributed by atoms with Crippen LogP contribution in [0.4, 0.5) is 0 Å². The summed E-state index contributed by atoms with van der Waals surface area (Å²) in [5.41, 5.74) is 5.21. The minimum atomic E-state index is 0.278. The lowest BCUT2D eigenvalue weighted by Crippen LogP contribution is -2.19. The molecule has 0 spiro atoms. The number of nitrogens with two attached hydrogens (primary N) is 1. The molecule has 0 aromatic carbocycles. The molecule has 2 nitrogen and oxygen atoms in total. The van der Waals surface area contributed by atoms with Gasteiger partial charge in [-0.05, 0) is 6.42 Å². The first-order chi connectivity index (χ1) is 3.68. The Morgan fingerprint density at radius 3 is 2.38 bits per heavy atom. The maximum atomic E-state index is 6.98. The first-order valence-electron chi connectivity index (χ1n) is 3.02. The van der Waals surface area contributed by atoms with Gasteiger partial charge < -0.3 is 5.73 Å². The third kappa shape index (κ3) is 2.61.